The lowest BCUT2D eigenvalue weighted by Crippen LogP contribution is -2.03. The molecule has 0 bridgehead atoms. The predicted octanol–water partition coefficient (Wildman–Crippen LogP) is 3.56. The number of hydrogen-bond acceptors (Lipinski definition) is 7. The summed E-state index contributed by atoms with van der Waals surface area (Å²) in [5.41, 5.74) is 0.496. The van der Waals surface area contributed by atoms with Gasteiger partial charge in [0.1, 0.15) is 5.56 Å². The van der Waals surface area contributed by atoms with E-state index in [-0.39, 0.29) is 16.6 Å². The Morgan fingerprint density at radius 2 is 1.63 bits per heavy atom. The van der Waals surface area contributed by atoms with Gasteiger partial charge in [-0.3, -0.25) is 20.2 Å². The van der Waals surface area contributed by atoms with E-state index < -0.39 is 21.2 Å². The van der Waals surface area contributed by atoms with Crippen LogP contribution in [0.3, 0.4) is 0 Å². The fourth-order valence-electron chi connectivity index (χ4n) is 3.01. The Morgan fingerprint density at radius 1 is 0.926 bits per heavy atom. The summed E-state index contributed by atoms with van der Waals surface area (Å²) in [6, 6.07) is 13.9. The van der Waals surface area contributed by atoms with E-state index >= 15 is 0 Å². The summed E-state index contributed by atoms with van der Waals surface area (Å²) >= 11 is 0. The highest BCUT2D eigenvalue weighted by Crippen LogP contribution is 2.40. The lowest BCUT2D eigenvalue weighted by Gasteiger charge is -2.10. The molecule has 2 aromatic carbocycles. The number of rotatable bonds is 5. The molecule has 4 rings (SSSR count). The van der Waals surface area contributed by atoms with Crippen molar-refractivity contribution in [2.75, 3.05) is 0 Å². The van der Waals surface area contributed by atoms with Crippen LogP contribution in [0, 0.1) is 20.2 Å². The SMILES string of the molecule is O=[N+]([O-])c1cc([N+](=O)[O-])c2nonc2c1-c1cccn1Cc1ccccc1. The Balaban J connectivity index is 1.95. The van der Waals surface area contributed by atoms with E-state index in [0.29, 0.717) is 12.2 Å². The van der Waals surface area contributed by atoms with Crippen LogP contribution in [0.4, 0.5) is 11.4 Å². The molecule has 0 N–H and O–H groups in total. The number of hydrogen-bond donors (Lipinski definition) is 0. The summed E-state index contributed by atoms with van der Waals surface area (Å²) in [6.07, 6.45) is 1.77. The molecular formula is C17H11N5O5. The van der Waals surface area contributed by atoms with Crippen LogP contribution in [-0.4, -0.2) is 24.7 Å². The maximum atomic E-state index is 11.6. The minimum absolute atomic E-state index is 0.0242. The third-order valence-corrected chi connectivity index (χ3v) is 4.17. The molecule has 4 aromatic rings. The van der Waals surface area contributed by atoms with Gasteiger partial charge >= 0.3 is 5.69 Å². The fraction of sp³-hybridized carbons (Fsp3) is 0.0588. The zero-order chi connectivity index (χ0) is 19.0. The van der Waals surface area contributed by atoms with Gasteiger partial charge in [-0.05, 0) is 28.0 Å². The van der Waals surface area contributed by atoms with Crippen LogP contribution in [0.15, 0.2) is 59.4 Å². The van der Waals surface area contributed by atoms with Gasteiger partial charge in [0.25, 0.3) is 5.69 Å². The Labute approximate surface area is 150 Å². The van der Waals surface area contributed by atoms with Crippen LogP contribution < -0.4 is 0 Å². The monoisotopic (exact) mass is 365 g/mol. The van der Waals surface area contributed by atoms with Crippen LogP contribution in [0.2, 0.25) is 0 Å². The number of aromatic nitrogens is 3. The molecule has 10 nitrogen and oxygen atoms in total. The second-order valence-electron chi connectivity index (χ2n) is 5.77. The first kappa shape index (κ1) is 16.4. The van der Waals surface area contributed by atoms with Gasteiger partial charge in [-0.2, -0.15) is 0 Å². The van der Waals surface area contributed by atoms with E-state index in [1.54, 1.807) is 22.9 Å². The van der Waals surface area contributed by atoms with Crippen LogP contribution in [0.5, 0.6) is 0 Å². The van der Waals surface area contributed by atoms with E-state index in [2.05, 4.69) is 14.9 Å². The topological polar surface area (TPSA) is 130 Å². The minimum Gasteiger partial charge on any atom is -0.343 e. The van der Waals surface area contributed by atoms with Crippen LogP contribution in [0.25, 0.3) is 22.3 Å². The largest absolute Gasteiger partial charge is 0.343 e. The molecule has 0 amide bonds. The van der Waals surface area contributed by atoms with Gasteiger partial charge in [-0.25, -0.2) is 4.63 Å². The third kappa shape index (κ3) is 2.78. The highest BCUT2D eigenvalue weighted by atomic mass is 16.6. The Kier molecular flexibility index (Phi) is 3.84. The second kappa shape index (κ2) is 6.33. The van der Waals surface area contributed by atoms with Crippen molar-refractivity contribution in [2.24, 2.45) is 0 Å². The van der Waals surface area contributed by atoms with Gasteiger partial charge in [-0.1, -0.05) is 30.3 Å². The molecule has 0 aliphatic heterocycles. The van der Waals surface area contributed by atoms with Crippen LogP contribution in [0.1, 0.15) is 5.56 Å². The van der Waals surface area contributed by atoms with Gasteiger partial charge in [0.15, 0.2) is 5.52 Å². The Morgan fingerprint density at radius 3 is 2.33 bits per heavy atom. The van der Waals surface area contributed by atoms with E-state index in [1.165, 1.54) is 0 Å². The van der Waals surface area contributed by atoms with E-state index in [1.807, 2.05) is 30.3 Å². The van der Waals surface area contributed by atoms with Crippen molar-refractivity contribution >= 4 is 22.4 Å². The van der Waals surface area contributed by atoms with Crippen molar-refractivity contribution in [3.63, 3.8) is 0 Å². The maximum absolute atomic E-state index is 11.6. The molecule has 10 heteroatoms. The smallest absolute Gasteiger partial charge is 0.307 e. The lowest BCUT2D eigenvalue weighted by atomic mass is 10.1. The first-order valence-corrected chi connectivity index (χ1v) is 7.83. The first-order chi connectivity index (χ1) is 13.1. The summed E-state index contributed by atoms with van der Waals surface area (Å²) < 4.78 is 6.45. The Bertz CT molecular complexity index is 1170. The molecule has 0 aliphatic rings. The second-order valence-corrected chi connectivity index (χ2v) is 5.77. The van der Waals surface area contributed by atoms with Gasteiger partial charge < -0.3 is 4.57 Å². The molecule has 0 radical (unpaired) electrons. The summed E-state index contributed by atoms with van der Waals surface area (Å²) in [7, 11) is 0. The highest BCUT2D eigenvalue weighted by molar-refractivity contribution is 6.00. The van der Waals surface area contributed by atoms with Gasteiger partial charge in [0.2, 0.25) is 5.52 Å². The first-order valence-electron chi connectivity index (χ1n) is 7.83. The molecular weight excluding hydrogens is 354 g/mol. The zero-order valence-corrected chi connectivity index (χ0v) is 13.7. The minimum atomic E-state index is -0.744. The van der Waals surface area contributed by atoms with E-state index in [9.17, 15) is 20.2 Å². The van der Waals surface area contributed by atoms with Gasteiger partial charge in [0.05, 0.1) is 21.6 Å². The summed E-state index contributed by atoms with van der Waals surface area (Å²) in [5, 5.41) is 30.1. The number of fused-ring (bicyclic) bond motifs is 1. The summed E-state index contributed by atoms with van der Waals surface area (Å²) in [5.74, 6) is 0. The average molecular weight is 365 g/mol. The summed E-state index contributed by atoms with van der Waals surface area (Å²) in [4.78, 5) is 21.5. The molecule has 0 aliphatic carbocycles. The average Bonchev–Trinajstić information content (AvgIpc) is 3.30. The van der Waals surface area contributed by atoms with Gasteiger partial charge in [-0.15, -0.1) is 0 Å². The van der Waals surface area contributed by atoms with Crippen molar-refractivity contribution in [3.05, 3.63) is 80.5 Å². The van der Waals surface area contributed by atoms with Crippen molar-refractivity contribution < 1.29 is 14.5 Å². The number of nitro benzene ring substituents is 2. The van der Waals surface area contributed by atoms with E-state index in [4.69, 9.17) is 0 Å². The summed E-state index contributed by atoms with van der Waals surface area (Å²) in [6.45, 7) is 0.462. The van der Waals surface area contributed by atoms with Crippen molar-refractivity contribution in [1.29, 1.82) is 0 Å². The normalized spacial score (nSPS) is 11.0. The number of non-ortho nitro benzene ring substituents is 1. The van der Waals surface area contributed by atoms with Crippen LogP contribution in [-0.2, 0) is 6.54 Å². The van der Waals surface area contributed by atoms with Crippen molar-refractivity contribution in [3.8, 4) is 11.3 Å². The zero-order valence-electron chi connectivity index (χ0n) is 13.7. The fourth-order valence-corrected chi connectivity index (χ4v) is 3.01. The molecule has 0 saturated carbocycles. The van der Waals surface area contributed by atoms with E-state index in [0.717, 1.165) is 11.6 Å². The molecule has 0 saturated heterocycles. The molecule has 134 valence electrons. The molecule has 0 spiro atoms. The molecule has 2 heterocycles. The molecule has 0 fully saturated rings. The van der Waals surface area contributed by atoms with Crippen LogP contribution >= 0.6 is 0 Å². The maximum Gasteiger partial charge on any atom is 0.307 e. The third-order valence-electron chi connectivity index (χ3n) is 4.17. The quantitative estimate of drug-likeness (QED) is 0.390. The highest BCUT2D eigenvalue weighted by Gasteiger charge is 2.31. The number of nitro groups is 2. The molecule has 0 unspecified atom stereocenters. The number of nitrogens with zero attached hydrogens (tertiary/aromatic N) is 5. The number of benzene rings is 2. The lowest BCUT2D eigenvalue weighted by molar-refractivity contribution is -0.392. The molecule has 2 aromatic heterocycles. The van der Waals surface area contributed by atoms with Crippen molar-refractivity contribution in [1.82, 2.24) is 14.9 Å². The Hall–Kier alpha value is -4.08. The van der Waals surface area contributed by atoms with Crippen molar-refractivity contribution in [2.45, 2.75) is 6.54 Å². The van der Waals surface area contributed by atoms with Gasteiger partial charge in [0, 0.05) is 12.7 Å². The standard InChI is InChI=1S/C17H11N5O5/c23-21(24)13-9-14(22(25)26)16-17(19-27-18-16)15(13)12-7-4-8-20(12)10-11-5-2-1-3-6-11/h1-9H,10H2. The predicted molar refractivity (Wildman–Crippen MR) is 94.1 cm³/mol. The molecule has 0 atom stereocenters. The molecule has 27 heavy (non-hydrogen) atoms.